The third kappa shape index (κ3) is 6.04. The van der Waals surface area contributed by atoms with Crippen LogP contribution in [-0.4, -0.2) is 18.6 Å². The van der Waals surface area contributed by atoms with Crippen molar-refractivity contribution in [3.63, 3.8) is 0 Å². The second kappa shape index (κ2) is 9.14. The highest BCUT2D eigenvalue weighted by atomic mass is 35.5. The Kier molecular flexibility index (Phi) is 7.86. The first-order valence-electron chi connectivity index (χ1n) is 8.30. The monoisotopic (exact) mass is 340 g/mol. The number of amides is 1. The second-order valence-corrected chi connectivity index (χ2v) is 6.68. The molecule has 0 aliphatic heterocycles. The summed E-state index contributed by atoms with van der Waals surface area (Å²) in [5, 5.41) is 2.98. The molecule has 23 heavy (non-hydrogen) atoms. The Labute approximate surface area is 145 Å². The van der Waals surface area contributed by atoms with Gasteiger partial charge >= 0.3 is 0 Å². The molecule has 1 saturated carbocycles. The molecule has 1 fully saturated rings. The number of carbonyl (C=O) groups is 1. The van der Waals surface area contributed by atoms with Gasteiger partial charge in [-0.1, -0.05) is 19.3 Å². The first-order chi connectivity index (χ1) is 10.5. The Balaban J connectivity index is 0.00000264. The first kappa shape index (κ1) is 19.8. The van der Waals surface area contributed by atoms with Crippen LogP contribution in [0, 0.1) is 5.41 Å². The van der Waals surface area contributed by atoms with Crippen LogP contribution in [0.2, 0.25) is 0 Å². The van der Waals surface area contributed by atoms with Gasteiger partial charge in [0.05, 0.1) is 6.10 Å². The second-order valence-electron chi connectivity index (χ2n) is 6.68. The summed E-state index contributed by atoms with van der Waals surface area (Å²) in [7, 11) is 0. The Bertz CT molecular complexity index is 482. The molecule has 0 atom stereocenters. The van der Waals surface area contributed by atoms with E-state index < -0.39 is 0 Å². The van der Waals surface area contributed by atoms with Crippen LogP contribution >= 0.6 is 12.4 Å². The molecule has 0 radical (unpaired) electrons. The highest BCUT2D eigenvalue weighted by Crippen LogP contribution is 2.38. The lowest BCUT2D eigenvalue weighted by Gasteiger charge is -2.35. The maximum atomic E-state index is 12.3. The number of benzene rings is 1. The quantitative estimate of drug-likeness (QED) is 0.818. The number of hydrogen-bond acceptors (Lipinski definition) is 3. The Morgan fingerprint density at radius 2 is 1.83 bits per heavy atom. The summed E-state index contributed by atoms with van der Waals surface area (Å²) >= 11 is 0. The van der Waals surface area contributed by atoms with Crippen LogP contribution in [0.4, 0.5) is 5.69 Å². The Morgan fingerprint density at radius 1 is 1.22 bits per heavy atom. The summed E-state index contributed by atoms with van der Waals surface area (Å²) in [4.78, 5) is 12.3. The zero-order valence-electron chi connectivity index (χ0n) is 14.1. The minimum Gasteiger partial charge on any atom is -0.491 e. The predicted octanol–water partition coefficient (Wildman–Crippen LogP) is 4.13. The van der Waals surface area contributed by atoms with Crippen molar-refractivity contribution in [2.75, 3.05) is 11.9 Å². The van der Waals surface area contributed by atoms with Crippen LogP contribution < -0.4 is 15.8 Å². The molecule has 0 heterocycles. The number of nitrogens with one attached hydrogen (secondary N) is 1. The van der Waals surface area contributed by atoms with Crippen molar-refractivity contribution in [2.24, 2.45) is 11.1 Å². The van der Waals surface area contributed by atoms with E-state index in [9.17, 15) is 4.79 Å². The molecule has 0 saturated heterocycles. The number of hydrogen-bond donors (Lipinski definition) is 2. The molecule has 0 aromatic heterocycles. The van der Waals surface area contributed by atoms with E-state index in [2.05, 4.69) is 5.32 Å². The SMILES string of the molecule is CC(C)Oc1ccc(NC(=O)CC2(CN)CCCCC2)cc1.Cl. The number of carbonyl (C=O) groups excluding carboxylic acids is 1. The van der Waals surface area contributed by atoms with Gasteiger partial charge in [0.25, 0.3) is 0 Å². The molecule has 130 valence electrons. The van der Waals surface area contributed by atoms with E-state index in [4.69, 9.17) is 10.5 Å². The van der Waals surface area contributed by atoms with Crippen LogP contribution in [0.15, 0.2) is 24.3 Å². The van der Waals surface area contributed by atoms with Crippen LogP contribution in [-0.2, 0) is 4.79 Å². The van der Waals surface area contributed by atoms with E-state index in [0.717, 1.165) is 24.3 Å². The van der Waals surface area contributed by atoms with Gasteiger partial charge in [0.15, 0.2) is 0 Å². The third-order valence-corrected chi connectivity index (χ3v) is 4.39. The molecule has 5 heteroatoms. The molecule has 1 aromatic rings. The molecule has 1 aliphatic carbocycles. The maximum absolute atomic E-state index is 12.3. The molecular weight excluding hydrogens is 312 g/mol. The standard InChI is InChI=1S/C18H28N2O2.ClH/c1-14(2)22-16-8-6-15(7-9-16)20-17(21)12-18(13-19)10-4-3-5-11-18;/h6-9,14H,3-5,10-13,19H2,1-2H3,(H,20,21);1H. The molecule has 2 rings (SSSR count). The number of ether oxygens (including phenoxy) is 1. The van der Waals surface area contributed by atoms with Crippen molar-refractivity contribution in [3.8, 4) is 5.75 Å². The molecule has 3 N–H and O–H groups in total. The average molecular weight is 341 g/mol. The number of anilines is 1. The van der Waals surface area contributed by atoms with E-state index in [1.807, 2.05) is 38.1 Å². The van der Waals surface area contributed by atoms with Crippen LogP contribution in [0.3, 0.4) is 0 Å². The molecular formula is C18H29ClN2O2. The maximum Gasteiger partial charge on any atom is 0.224 e. The molecule has 1 aromatic carbocycles. The fraction of sp³-hybridized carbons (Fsp3) is 0.611. The van der Waals surface area contributed by atoms with Crippen molar-refractivity contribution in [3.05, 3.63) is 24.3 Å². The van der Waals surface area contributed by atoms with Gasteiger partial charge in [0, 0.05) is 12.1 Å². The minimum atomic E-state index is 0. The molecule has 1 aliphatic rings. The fourth-order valence-corrected chi connectivity index (χ4v) is 3.19. The van der Waals surface area contributed by atoms with Gasteiger partial charge in [-0.05, 0) is 62.9 Å². The summed E-state index contributed by atoms with van der Waals surface area (Å²) < 4.78 is 5.60. The van der Waals surface area contributed by atoms with Gasteiger partial charge in [-0.3, -0.25) is 4.79 Å². The summed E-state index contributed by atoms with van der Waals surface area (Å²) in [6.45, 7) is 4.58. The van der Waals surface area contributed by atoms with Gasteiger partial charge in [0.1, 0.15) is 5.75 Å². The van der Waals surface area contributed by atoms with Crippen molar-refractivity contribution in [2.45, 2.75) is 58.5 Å². The summed E-state index contributed by atoms with van der Waals surface area (Å²) in [6, 6.07) is 7.53. The molecule has 1 amide bonds. The van der Waals surface area contributed by atoms with Gasteiger partial charge < -0.3 is 15.8 Å². The highest BCUT2D eigenvalue weighted by Gasteiger charge is 2.32. The predicted molar refractivity (Wildman–Crippen MR) is 97.3 cm³/mol. The number of nitrogens with two attached hydrogens (primary N) is 1. The zero-order chi connectivity index (χ0) is 16.0. The van der Waals surface area contributed by atoms with E-state index >= 15 is 0 Å². The number of rotatable bonds is 6. The van der Waals surface area contributed by atoms with Crippen molar-refractivity contribution < 1.29 is 9.53 Å². The van der Waals surface area contributed by atoms with E-state index in [0.29, 0.717) is 13.0 Å². The van der Waals surface area contributed by atoms with Crippen LogP contribution in [0.25, 0.3) is 0 Å². The zero-order valence-corrected chi connectivity index (χ0v) is 15.0. The molecule has 0 bridgehead atoms. The minimum absolute atomic E-state index is 0. The van der Waals surface area contributed by atoms with E-state index in [1.54, 1.807) is 0 Å². The topological polar surface area (TPSA) is 64.3 Å². The normalized spacial score (nSPS) is 16.5. The van der Waals surface area contributed by atoms with Crippen LogP contribution in [0.1, 0.15) is 52.4 Å². The summed E-state index contributed by atoms with van der Waals surface area (Å²) in [6.07, 6.45) is 6.44. The van der Waals surface area contributed by atoms with Crippen molar-refractivity contribution in [1.82, 2.24) is 0 Å². The van der Waals surface area contributed by atoms with Gasteiger partial charge in [0.2, 0.25) is 5.91 Å². The largest absolute Gasteiger partial charge is 0.491 e. The summed E-state index contributed by atoms with van der Waals surface area (Å²) in [5.41, 5.74) is 6.76. The Hall–Kier alpha value is -1.26. The highest BCUT2D eigenvalue weighted by molar-refractivity contribution is 5.91. The summed E-state index contributed by atoms with van der Waals surface area (Å²) in [5.74, 6) is 0.878. The smallest absolute Gasteiger partial charge is 0.224 e. The Morgan fingerprint density at radius 3 is 2.35 bits per heavy atom. The van der Waals surface area contributed by atoms with Crippen LogP contribution in [0.5, 0.6) is 5.75 Å². The van der Waals surface area contributed by atoms with Crippen molar-refractivity contribution >= 4 is 24.0 Å². The lowest BCUT2D eigenvalue weighted by molar-refractivity contribution is -0.118. The van der Waals surface area contributed by atoms with E-state index in [-0.39, 0.29) is 29.8 Å². The van der Waals surface area contributed by atoms with Gasteiger partial charge in [-0.15, -0.1) is 12.4 Å². The fourth-order valence-electron chi connectivity index (χ4n) is 3.19. The molecule has 0 unspecified atom stereocenters. The number of halogens is 1. The molecule has 0 spiro atoms. The lowest BCUT2D eigenvalue weighted by atomic mass is 9.71. The van der Waals surface area contributed by atoms with Gasteiger partial charge in [-0.25, -0.2) is 0 Å². The van der Waals surface area contributed by atoms with Gasteiger partial charge in [-0.2, -0.15) is 0 Å². The third-order valence-electron chi connectivity index (χ3n) is 4.39. The first-order valence-corrected chi connectivity index (χ1v) is 8.30. The van der Waals surface area contributed by atoms with Crippen molar-refractivity contribution in [1.29, 1.82) is 0 Å². The molecule has 4 nitrogen and oxygen atoms in total. The lowest BCUT2D eigenvalue weighted by Crippen LogP contribution is -2.36. The average Bonchev–Trinajstić information content (AvgIpc) is 2.49. The van der Waals surface area contributed by atoms with E-state index in [1.165, 1.54) is 19.3 Å².